The first-order valence-corrected chi connectivity index (χ1v) is 16.0. The molecule has 0 radical (unpaired) electrons. The summed E-state index contributed by atoms with van der Waals surface area (Å²) in [5, 5.41) is 15.1. The Morgan fingerprint density at radius 3 is 2.51 bits per heavy atom. The van der Waals surface area contributed by atoms with Crippen molar-refractivity contribution in [2.24, 2.45) is 28.8 Å². The first kappa shape index (κ1) is 28.3. The Morgan fingerprint density at radius 1 is 1.00 bits per heavy atom. The average Bonchev–Trinajstić information content (AvgIpc) is 3.62. The number of hydrogen-bond acceptors (Lipinski definition) is 4. The van der Waals surface area contributed by atoms with E-state index in [0.717, 1.165) is 52.1 Å². The van der Waals surface area contributed by atoms with Gasteiger partial charge in [0.05, 0.1) is 12.1 Å². The Kier molecular flexibility index (Phi) is 8.97. The molecule has 3 heterocycles. The van der Waals surface area contributed by atoms with Crippen LogP contribution in [0.4, 0.5) is 0 Å². The number of piperidine rings is 1. The number of aryl methyl sites for hydroxylation is 1. The van der Waals surface area contributed by atoms with Crippen molar-refractivity contribution in [3.63, 3.8) is 0 Å². The molecule has 218 valence electrons. The van der Waals surface area contributed by atoms with E-state index in [4.69, 9.17) is 5.10 Å². The molecule has 2 aromatic rings. The molecule has 4 aliphatic rings. The Hall–Kier alpha value is -2.83. The molecule has 0 aromatic heterocycles. The van der Waals surface area contributed by atoms with Crippen LogP contribution in [0.15, 0.2) is 59.7 Å². The van der Waals surface area contributed by atoms with Crippen LogP contribution in [0.5, 0.6) is 0 Å². The molecular formula is C35H47N4O2+. The second kappa shape index (κ2) is 13.0. The number of carboxylic acids is 1. The highest BCUT2D eigenvalue weighted by Gasteiger charge is 2.43. The summed E-state index contributed by atoms with van der Waals surface area (Å²) < 4.78 is 2.11. The highest BCUT2D eigenvalue weighted by Crippen LogP contribution is 2.39. The van der Waals surface area contributed by atoms with Gasteiger partial charge in [0, 0.05) is 31.1 Å². The number of benzene rings is 2. The fourth-order valence-electron chi connectivity index (χ4n) is 8.10. The summed E-state index contributed by atoms with van der Waals surface area (Å²) in [5.41, 5.74) is 3.97. The van der Waals surface area contributed by atoms with Crippen molar-refractivity contribution in [2.45, 2.75) is 70.4 Å². The van der Waals surface area contributed by atoms with Gasteiger partial charge in [-0.3, -0.25) is 9.69 Å². The zero-order valence-electron chi connectivity index (χ0n) is 24.7. The van der Waals surface area contributed by atoms with E-state index in [1.807, 2.05) is 0 Å². The Labute approximate surface area is 245 Å². The Balaban J connectivity index is 1.09. The Morgan fingerprint density at radius 2 is 1.78 bits per heavy atom. The van der Waals surface area contributed by atoms with Gasteiger partial charge in [0.25, 0.3) is 0 Å². The predicted octanol–water partition coefficient (Wildman–Crippen LogP) is 5.66. The van der Waals surface area contributed by atoms with Crippen LogP contribution in [0.2, 0.25) is 0 Å². The van der Waals surface area contributed by atoms with Crippen LogP contribution in [0.25, 0.3) is 0 Å². The molecule has 2 aromatic carbocycles. The van der Waals surface area contributed by atoms with Crippen molar-refractivity contribution in [3.05, 3.63) is 71.3 Å². The minimum absolute atomic E-state index is 0.291. The number of likely N-dealkylation sites (tertiary alicyclic amines) is 2. The molecule has 1 N–H and O–H groups in total. The topological polar surface area (TPSA) is 59.2 Å². The number of carbonyl (C=O) groups is 1. The minimum atomic E-state index is -0.614. The third-order valence-corrected chi connectivity index (χ3v) is 10.3. The van der Waals surface area contributed by atoms with Crippen LogP contribution >= 0.6 is 0 Å². The van der Waals surface area contributed by atoms with Crippen molar-refractivity contribution in [1.82, 2.24) is 9.80 Å². The zero-order valence-corrected chi connectivity index (χ0v) is 24.7. The van der Waals surface area contributed by atoms with E-state index < -0.39 is 5.97 Å². The average molecular weight is 556 g/mol. The lowest BCUT2D eigenvalue weighted by Crippen LogP contribution is -2.46. The largest absolute Gasteiger partial charge is 0.480 e. The fraction of sp³-hybridized carbons (Fsp3) is 0.571. The highest BCUT2D eigenvalue weighted by molar-refractivity contribution is 5.83. The molecule has 0 amide bonds. The second-order valence-corrected chi connectivity index (χ2v) is 13.1. The third-order valence-electron chi connectivity index (χ3n) is 10.3. The number of hydrogen-bond donors (Lipinski definition) is 1. The smallest absolute Gasteiger partial charge is 0.321 e. The summed E-state index contributed by atoms with van der Waals surface area (Å²) in [5.74, 6) is 1.59. The van der Waals surface area contributed by atoms with Crippen molar-refractivity contribution in [1.29, 1.82) is 0 Å². The standard InChI is InChI=1S/C35H46N4O2/c1-26-9-8-14-30(19-26)33-25-38(34(35(40)41)29-12-6-3-7-13-29)23-32(33)22-37-17-15-28(16-18-37)31-20-36-39(24-31)21-27-10-4-2-5-11-27/h2,4-5,8-11,14,19-20,24,28-29,31-34H,3,6-7,12-13,15-18,21-23,25H2,1H3/p+1/t31?,32-,33+,34+/m0/s1. The molecule has 3 fully saturated rings. The maximum Gasteiger partial charge on any atom is 0.321 e. The third kappa shape index (κ3) is 6.81. The number of rotatable bonds is 9. The van der Waals surface area contributed by atoms with Gasteiger partial charge in [-0.2, -0.15) is 0 Å². The van der Waals surface area contributed by atoms with Crippen LogP contribution in [-0.2, 0) is 11.3 Å². The van der Waals surface area contributed by atoms with Crippen molar-refractivity contribution in [2.75, 3.05) is 32.7 Å². The number of carboxylic acid groups (broad SMARTS) is 1. The molecule has 0 spiro atoms. The van der Waals surface area contributed by atoms with E-state index in [1.165, 1.54) is 48.8 Å². The van der Waals surface area contributed by atoms with Crippen molar-refractivity contribution >= 4 is 18.4 Å². The molecule has 2 saturated heterocycles. The van der Waals surface area contributed by atoms with E-state index >= 15 is 0 Å². The van der Waals surface area contributed by atoms with Crippen LogP contribution in [0.1, 0.15) is 67.6 Å². The first-order chi connectivity index (χ1) is 20.0. The predicted molar refractivity (Wildman–Crippen MR) is 165 cm³/mol. The van der Waals surface area contributed by atoms with Gasteiger partial charge in [-0.25, -0.2) is 0 Å². The maximum atomic E-state index is 12.6. The number of aliphatic carboxylic acids is 1. The van der Waals surface area contributed by atoms with Gasteiger partial charge in [-0.1, -0.05) is 84.1 Å². The van der Waals surface area contributed by atoms with Crippen LogP contribution < -0.4 is 0 Å². The molecule has 1 unspecified atom stereocenters. The molecule has 0 bridgehead atoms. The van der Waals surface area contributed by atoms with Gasteiger partial charge in [-0.05, 0) is 74.1 Å². The molecular weight excluding hydrogens is 508 g/mol. The summed E-state index contributed by atoms with van der Waals surface area (Å²) in [6.45, 7) is 8.05. The molecule has 3 aliphatic heterocycles. The number of hydrazone groups is 1. The van der Waals surface area contributed by atoms with Gasteiger partial charge in [0.2, 0.25) is 0 Å². The van der Waals surface area contributed by atoms with Gasteiger partial charge >= 0.3 is 5.97 Å². The van der Waals surface area contributed by atoms with Gasteiger partial charge in [0.15, 0.2) is 12.8 Å². The zero-order chi connectivity index (χ0) is 28.2. The van der Waals surface area contributed by atoms with E-state index in [9.17, 15) is 9.90 Å². The summed E-state index contributed by atoms with van der Waals surface area (Å²) in [4.78, 5) is 17.6. The van der Waals surface area contributed by atoms with E-state index in [1.54, 1.807) is 0 Å². The van der Waals surface area contributed by atoms with Crippen LogP contribution in [0, 0.1) is 30.6 Å². The molecule has 4 atom stereocenters. The molecule has 1 aliphatic carbocycles. The van der Waals surface area contributed by atoms with Crippen LogP contribution in [0.3, 0.4) is 0 Å². The molecule has 6 nitrogen and oxygen atoms in total. The summed E-state index contributed by atoms with van der Waals surface area (Å²) >= 11 is 0. The van der Waals surface area contributed by atoms with E-state index in [0.29, 0.717) is 29.6 Å². The van der Waals surface area contributed by atoms with Crippen molar-refractivity contribution in [3.8, 4) is 0 Å². The molecule has 6 rings (SSSR count). The van der Waals surface area contributed by atoms with Crippen molar-refractivity contribution < 1.29 is 14.6 Å². The summed E-state index contributed by atoms with van der Waals surface area (Å²) in [6.07, 6.45) is 12.6. The lowest BCUT2D eigenvalue weighted by molar-refractivity contribution is -0.542. The molecule has 41 heavy (non-hydrogen) atoms. The molecule has 1 saturated carbocycles. The maximum absolute atomic E-state index is 12.6. The lowest BCUT2D eigenvalue weighted by atomic mass is 9.83. The highest BCUT2D eigenvalue weighted by atomic mass is 16.4. The van der Waals surface area contributed by atoms with Gasteiger partial charge in [0.1, 0.15) is 6.04 Å². The summed E-state index contributed by atoms with van der Waals surface area (Å²) in [6, 6.07) is 19.2. The molecule has 6 heteroatoms. The van der Waals surface area contributed by atoms with E-state index in [-0.39, 0.29) is 6.04 Å². The monoisotopic (exact) mass is 555 g/mol. The fourth-order valence-corrected chi connectivity index (χ4v) is 8.10. The van der Waals surface area contributed by atoms with Crippen LogP contribution in [-0.4, -0.2) is 76.8 Å². The van der Waals surface area contributed by atoms with E-state index in [2.05, 4.69) is 88.4 Å². The van der Waals surface area contributed by atoms with Gasteiger partial charge in [-0.15, -0.1) is 0 Å². The van der Waals surface area contributed by atoms with Gasteiger partial charge < -0.3 is 10.0 Å². The Bertz CT molecular complexity index is 1230. The SMILES string of the molecule is Cc1cccc([C@H]2CN([C@@H](C(=O)O)C3CCCCC3)C[C@@H]2CN2CCC(C3C=N[N+](Cc4ccccc4)=C3)CC2)c1. The summed E-state index contributed by atoms with van der Waals surface area (Å²) in [7, 11) is 0. The quantitative estimate of drug-likeness (QED) is 0.406. The first-order valence-electron chi connectivity index (χ1n) is 16.0. The lowest BCUT2D eigenvalue weighted by Gasteiger charge is -2.35. The normalized spacial score (nSPS) is 27.2. The number of nitrogens with zero attached hydrogens (tertiary/aromatic N) is 4. The second-order valence-electron chi connectivity index (χ2n) is 13.1. The minimum Gasteiger partial charge on any atom is -0.480 e.